The van der Waals surface area contributed by atoms with E-state index in [-0.39, 0.29) is 5.91 Å². The van der Waals surface area contributed by atoms with Crippen LogP contribution in [0.3, 0.4) is 0 Å². The topological polar surface area (TPSA) is 103 Å². The first-order chi connectivity index (χ1) is 15.2. The van der Waals surface area contributed by atoms with Crippen LogP contribution in [0.5, 0.6) is 0 Å². The normalized spacial score (nSPS) is 15.1. The minimum Gasteiger partial charge on any atom is -0.310 e. The van der Waals surface area contributed by atoms with E-state index in [9.17, 15) is 4.79 Å². The zero-order valence-corrected chi connectivity index (χ0v) is 16.8. The molecule has 0 saturated heterocycles. The van der Waals surface area contributed by atoms with Gasteiger partial charge in [0.15, 0.2) is 5.82 Å². The molecule has 9 nitrogen and oxygen atoms in total. The third kappa shape index (κ3) is 3.37. The van der Waals surface area contributed by atoms with Gasteiger partial charge in [0, 0.05) is 31.3 Å². The fraction of sp³-hybridized carbons (Fsp3) is 0.273. The number of aryl methyl sites for hydroxylation is 1. The Kier molecular flexibility index (Phi) is 4.12. The van der Waals surface area contributed by atoms with Gasteiger partial charge in [-0.15, -0.1) is 10.2 Å². The second kappa shape index (κ2) is 7.12. The van der Waals surface area contributed by atoms with Gasteiger partial charge in [0.2, 0.25) is 0 Å². The molecular formula is C22H20N8O. The van der Waals surface area contributed by atoms with E-state index in [1.165, 1.54) is 12.8 Å². The first-order valence-electron chi connectivity index (χ1n) is 10.5. The van der Waals surface area contributed by atoms with Crippen LogP contribution in [0.4, 0.5) is 5.82 Å². The van der Waals surface area contributed by atoms with Crippen LogP contribution in [0.1, 0.15) is 47.2 Å². The molecule has 0 bridgehead atoms. The molecule has 154 valence electrons. The van der Waals surface area contributed by atoms with Crippen LogP contribution in [0.25, 0.3) is 17.2 Å². The molecule has 9 heteroatoms. The van der Waals surface area contributed by atoms with E-state index in [0.717, 1.165) is 42.4 Å². The SMILES string of the molecule is O=C(Nc1cccc(-c2nnc3n2CCC3)n1)c1cc(-n2cnc(C3CC3)c2)ccn1. The van der Waals surface area contributed by atoms with Crippen LogP contribution in [0, 0.1) is 0 Å². The number of carbonyl (C=O) groups is 1. The van der Waals surface area contributed by atoms with Gasteiger partial charge in [-0.3, -0.25) is 9.78 Å². The number of nitrogens with zero attached hydrogens (tertiary/aromatic N) is 7. The van der Waals surface area contributed by atoms with Gasteiger partial charge in [-0.05, 0) is 43.5 Å². The molecule has 6 rings (SSSR count). The van der Waals surface area contributed by atoms with E-state index in [1.54, 1.807) is 24.7 Å². The molecule has 0 unspecified atom stereocenters. The van der Waals surface area contributed by atoms with E-state index in [0.29, 0.717) is 23.1 Å². The van der Waals surface area contributed by atoms with E-state index in [2.05, 4.69) is 35.0 Å². The van der Waals surface area contributed by atoms with Gasteiger partial charge in [0.25, 0.3) is 5.91 Å². The number of carbonyl (C=O) groups excluding carboxylic acids is 1. The minimum atomic E-state index is -0.319. The number of imidazole rings is 1. The predicted octanol–water partition coefficient (Wildman–Crippen LogP) is 3.00. The molecule has 0 atom stereocenters. The summed E-state index contributed by atoms with van der Waals surface area (Å²) in [6.45, 7) is 0.892. The van der Waals surface area contributed by atoms with Crippen molar-refractivity contribution in [3.63, 3.8) is 0 Å². The van der Waals surface area contributed by atoms with Crippen molar-refractivity contribution < 1.29 is 4.79 Å². The Bertz CT molecular complexity index is 1290. The van der Waals surface area contributed by atoms with Gasteiger partial charge in [-0.2, -0.15) is 0 Å². The van der Waals surface area contributed by atoms with E-state index in [1.807, 2.05) is 29.0 Å². The van der Waals surface area contributed by atoms with Crippen molar-refractivity contribution in [2.24, 2.45) is 0 Å². The Hall–Kier alpha value is -3.88. The van der Waals surface area contributed by atoms with E-state index >= 15 is 0 Å². The van der Waals surface area contributed by atoms with Crippen molar-refractivity contribution in [2.75, 3.05) is 5.32 Å². The highest BCUT2D eigenvalue weighted by molar-refractivity contribution is 6.02. The number of amides is 1. The average Bonchev–Trinajstić information content (AvgIpc) is 3.18. The molecule has 4 aromatic rings. The lowest BCUT2D eigenvalue weighted by Crippen LogP contribution is -2.15. The summed E-state index contributed by atoms with van der Waals surface area (Å²) in [5.41, 5.74) is 2.95. The zero-order valence-electron chi connectivity index (χ0n) is 16.8. The summed E-state index contributed by atoms with van der Waals surface area (Å²) in [4.78, 5) is 26.1. The molecular weight excluding hydrogens is 392 g/mol. The summed E-state index contributed by atoms with van der Waals surface area (Å²) >= 11 is 0. The van der Waals surface area contributed by atoms with Crippen molar-refractivity contribution >= 4 is 11.7 Å². The molecule has 1 aliphatic heterocycles. The molecule has 1 saturated carbocycles. The molecule has 5 heterocycles. The summed E-state index contributed by atoms with van der Waals surface area (Å²) in [6.07, 6.45) is 9.84. The number of aromatic nitrogens is 7. The van der Waals surface area contributed by atoms with E-state index < -0.39 is 0 Å². The number of hydrogen-bond acceptors (Lipinski definition) is 6. The maximum absolute atomic E-state index is 12.8. The summed E-state index contributed by atoms with van der Waals surface area (Å²) < 4.78 is 4.01. The number of rotatable bonds is 5. The predicted molar refractivity (Wildman–Crippen MR) is 113 cm³/mol. The second-order valence-electron chi connectivity index (χ2n) is 7.94. The highest BCUT2D eigenvalue weighted by Crippen LogP contribution is 2.39. The molecule has 0 aromatic carbocycles. The third-order valence-electron chi connectivity index (χ3n) is 5.70. The number of fused-ring (bicyclic) bond motifs is 1. The van der Waals surface area contributed by atoms with Gasteiger partial charge in [0.05, 0.1) is 17.7 Å². The maximum Gasteiger partial charge on any atom is 0.275 e. The Morgan fingerprint density at radius 1 is 1.13 bits per heavy atom. The van der Waals surface area contributed by atoms with Crippen molar-refractivity contribution in [1.82, 2.24) is 34.3 Å². The molecule has 1 fully saturated rings. The average molecular weight is 412 g/mol. The molecule has 31 heavy (non-hydrogen) atoms. The van der Waals surface area contributed by atoms with Crippen molar-refractivity contribution in [1.29, 1.82) is 0 Å². The third-order valence-corrected chi connectivity index (χ3v) is 5.70. The monoisotopic (exact) mass is 412 g/mol. The molecule has 4 aromatic heterocycles. The number of pyridine rings is 2. The van der Waals surface area contributed by atoms with Gasteiger partial charge < -0.3 is 14.5 Å². The lowest BCUT2D eigenvalue weighted by Gasteiger charge is -2.08. The summed E-state index contributed by atoms with van der Waals surface area (Å²) in [5.74, 6) is 2.42. The van der Waals surface area contributed by atoms with Gasteiger partial charge in [-0.25, -0.2) is 9.97 Å². The standard InChI is InChI=1S/C22H20N8O/c31-22(17-11-15(8-9-23-17)29-12-18(24-13-29)14-6-7-14)26-19-4-1-3-16(25-19)21-28-27-20-5-2-10-30(20)21/h1,3-4,8-9,11-14H,2,5-7,10H2,(H,25,26,31). The zero-order chi connectivity index (χ0) is 20.8. The molecule has 1 aliphatic carbocycles. The quantitative estimate of drug-likeness (QED) is 0.540. The van der Waals surface area contributed by atoms with Crippen molar-refractivity contribution in [3.8, 4) is 17.2 Å². The smallest absolute Gasteiger partial charge is 0.275 e. The summed E-state index contributed by atoms with van der Waals surface area (Å²) in [6, 6.07) is 9.09. The van der Waals surface area contributed by atoms with Crippen LogP contribution in [-0.2, 0) is 13.0 Å². The largest absolute Gasteiger partial charge is 0.310 e. The Morgan fingerprint density at radius 2 is 2.06 bits per heavy atom. The fourth-order valence-corrected chi connectivity index (χ4v) is 3.92. The van der Waals surface area contributed by atoms with Gasteiger partial charge >= 0.3 is 0 Å². The number of hydrogen-bond donors (Lipinski definition) is 1. The summed E-state index contributed by atoms with van der Waals surface area (Å²) in [7, 11) is 0. The lowest BCUT2D eigenvalue weighted by atomic mass is 10.3. The van der Waals surface area contributed by atoms with Crippen molar-refractivity contribution in [2.45, 2.75) is 38.1 Å². The molecule has 2 aliphatic rings. The van der Waals surface area contributed by atoms with Crippen LogP contribution < -0.4 is 5.32 Å². The van der Waals surface area contributed by atoms with Gasteiger partial charge in [-0.1, -0.05) is 6.07 Å². The first-order valence-corrected chi connectivity index (χ1v) is 10.5. The maximum atomic E-state index is 12.8. The number of nitrogens with one attached hydrogen (secondary N) is 1. The fourth-order valence-electron chi connectivity index (χ4n) is 3.92. The van der Waals surface area contributed by atoms with Crippen LogP contribution in [0.2, 0.25) is 0 Å². The number of anilines is 1. The molecule has 0 radical (unpaired) electrons. The highest BCUT2D eigenvalue weighted by atomic mass is 16.1. The second-order valence-corrected chi connectivity index (χ2v) is 7.94. The lowest BCUT2D eigenvalue weighted by molar-refractivity contribution is 0.102. The Labute approximate surface area is 178 Å². The minimum absolute atomic E-state index is 0.315. The summed E-state index contributed by atoms with van der Waals surface area (Å²) in [5, 5.41) is 11.3. The Morgan fingerprint density at radius 3 is 2.97 bits per heavy atom. The molecule has 0 spiro atoms. The van der Waals surface area contributed by atoms with Crippen LogP contribution in [-0.4, -0.2) is 40.2 Å². The highest BCUT2D eigenvalue weighted by Gasteiger charge is 2.26. The van der Waals surface area contributed by atoms with Crippen LogP contribution in [0.15, 0.2) is 49.1 Å². The van der Waals surface area contributed by atoms with Gasteiger partial charge in [0.1, 0.15) is 23.0 Å². The van der Waals surface area contributed by atoms with E-state index in [4.69, 9.17) is 0 Å². The first kappa shape index (κ1) is 17.9. The molecule has 1 amide bonds. The molecule has 1 N–H and O–H groups in total. The van der Waals surface area contributed by atoms with Crippen LogP contribution >= 0.6 is 0 Å². The Balaban J connectivity index is 1.23. The van der Waals surface area contributed by atoms with Crippen molar-refractivity contribution in [3.05, 3.63) is 66.3 Å².